The fourth-order valence-corrected chi connectivity index (χ4v) is 1.51. The molecular formula is C11H16F3N3. The number of alkyl halides is 3. The Morgan fingerprint density at radius 2 is 2.06 bits per heavy atom. The van der Waals surface area contributed by atoms with Crippen molar-refractivity contribution < 1.29 is 13.2 Å². The van der Waals surface area contributed by atoms with Gasteiger partial charge in [-0.25, -0.2) is 0 Å². The van der Waals surface area contributed by atoms with Gasteiger partial charge in [-0.2, -0.15) is 13.2 Å². The lowest BCUT2D eigenvalue weighted by Crippen LogP contribution is -2.34. The van der Waals surface area contributed by atoms with Gasteiger partial charge in [-0.15, -0.1) is 0 Å². The molecule has 0 aliphatic rings. The number of halogens is 3. The normalized spacial score (nSPS) is 11.6. The van der Waals surface area contributed by atoms with Crippen molar-refractivity contribution in [2.75, 3.05) is 18.0 Å². The Morgan fingerprint density at radius 1 is 1.35 bits per heavy atom. The summed E-state index contributed by atoms with van der Waals surface area (Å²) < 4.78 is 37.1. The SMILES string of the molecule is CCCN(CC(F)(F)F)c1ccc(CN)nc1. The van der Waals surface area contributed by atoms with Gasteiger partial charge in [-0.3, -0.25) is 4.98 Å². The molecule has 0 bridgehead atoms. The fourth-order valence-electron chi connectivity index (χ4n) is 1.51. The molecule has 17 heavy (non-hydrogen) atoms. The fraction of sp³-hybridized carbons (Fsp3) is 0.545. The molecule has 1 rings (SSSR count). The molecule has 2 N–H and O–H groups in total. The van der Waals surface area contributed by atoms with Crippen molar-refractivity contribution in [2.24, 2.45) is 5.73 Å². The van der Waals surface area contributed by atoms with Gasteiger partial charge in [0.15, 0.2) is 0 Å². The van der Waals surface area contributed by atoms with Gasteiger partial charge in [0, 0.05) is 13.1 Å². The highest BCUT2D eigenvalue weighted by Crippen LogP contribution is 2.21. The standard InChI is InChI=1S/C11H16F3N3/c1-2-5-17(8-11(12,13)14)10-4-3-9(6-15)16-7-10/h3-4,7H,2,5-6,8,15H2,1H3. The van der Waals surface area contributed by atoms with E-state index in [1.807, 2.05) is 6.92 Å². The Hall–Kier alpha value is -1.30. The van der Waals surface area contributed by atoms with Crippen LogP contribution in [0.15, 0.2) is 18.3 Å². The van der Waals surface area contributed by atoms with Crippen LogP contribution in [0.2, 0.25) is 0 Å². The summed E-state index contributed by atoms with van der Waals surface area (Å²) in [6.45, 7) is 1.52. The lowest BCUT2D eigenvalue weighted by molar-refractivity contribution is -0.119. The second-order valence-electron chi connectivity index (χ2n) is 3.75. The summed E-state index contributed by atoms with van der Waals surface area (Å²) in [4.78, 5) is 5.27. The molecule has 0 fully saturated rings. The van der Waals surface area contributed by atoms with Crippen LogP contribution in [0.4, 0.5) is 18.9 Å². The van der Waals surface area contributed by atoms with Crippen molar-refractivity contribution in [3.63, 3.8) is 0 Å². The second-order valence-corrected chi connectivity index (χ2v) is 3.75. The lowest BCUT2D eigenvalue weighted by atomic mass is 10.3. The third-order valence-corrected chi connectivity index (χ3v) is 2.25. The highest BCUT2D eigenvalue weighted by atomic mass is 19.4. The Balaban J connectivity index is 2.81. The highest BCUT2D eigenvalue weighted by Gasteiger charge is 2.30. The van der Waals surface area contributed by atoms with Crippen LogP contribution in [0.1, 0.15) is 19.0 Å². The van der Waals surface area contributed by atoms with Gasteiger partial charge in [-0.05, 0) is 18.6 Å². The zero-order valence-corrected chi connectivity index (χ0v) is 9.67. The molecule has 0 aliphatic heterocycles. The van der Waals surface area contributed by atoms with Gasteiger partial charge in [-0.1, -0.05) is 6.92 Å². The molecule has 0 atom stereocenters. The minimum Gasteiger partial charge on any atom is -0.361 e. The zero-order chi connectivity index (χ0) is 12.9. The van der Waals surface area contributed by atoms with E-state index in [9.17, 15) is 13.2 Å². The molecule has 96 valence electrons. The second kappa shape index (κ2) is 5.86. The highest BCUT2D eigenvalue weighted by molar-refractivity contribution is 5.44. The van der Waals surface area contributed by atoms with Crippen molar-refractivity contribution in [3.05, 3.63) is 24.0 Å². The van der Waals surface area contributed by atoms with Gasteiger partial charge in [0.1, 0.15) is 6.54 Å². The number of nitrogens with zero attached hydrogens (tertiary/aromatic N) is 2. The molecule has 0 aromatic carbocycles. The molecule has 1 heterocycles. The van der Waals surface area contributed by atoms with Crippen LogP contribution in [-0.4, -0.2) is 24.2 Å². The molecule has 0 saturated heterocycles. The summed E-state index contributed by atoms with van der Waals surface area (Å²) in [6, 6.07) is 3.27. The largest absolute Gasteiger partial charge is 0.405 e. The first-order valence-corrected chi connectivity index (χ1v) is 5.43. The van der Waals surface area contributed by atoms with Crippen LogP contribution < -0.4 is 10.6 Å². The maximum Gasteiger partial charge on any atom is 0.405 e. The van der Waals surface area contributed by atoms with Crippen molar-refractivity contribution in [3.8, 4) is 0 Å². The Morgan fingerprint density at radius 3 is 2.47 bits per heavy atom. The topological polar surface area (TPSA) is 42.1 Å². The molecule has 6 heteroatoms. The van der Waals surface area contributed by atoms with Crippen LogP contribution >= 0.6 is 0 Å². The van der Waals surface area contributed by atoms with Gasteiger partial charge >= 0.3 is 6.18 Å². The van der Waals surface area contributed by atoms with Crippen molar-refractivity contribution in [2.45, 2.75) is 26.1 Å². The Kier molecular flexibility index (Phi) is 4.74. The monoisotopic (exact) mass is 247 g/mol. The Bertz CT molecular complexity index is 335. The number of hydrogen-bond donors (Lipinski definition) is 1. The van der Waals surface area contributed by atoms with Gasteiger partial charge in [0.25, 0.3) is 0 Å². The van der Waals surface area contributed by atoms with E-state index in [-0.39, 0.29) is 6.54 Å². The average Bonchev–Trinajstić information content (AvgIpc) is 2.27. The first-order chi connectivity index (χ1) is 7.96. The maximum absolute atomic E-state index is 12.4. The van der Waals surface area contributed by atoms with Crippen LogP contribution in [0.3, 0.4) is 0 Å². The van der Waals surface area contributed by atoms with Gasteiger partial charge in [0.05, 0.1) is 17.6 Å². The number of anilines is 1. The predicted octanol–water partition coefficient (Wildman–Crippen LogP) is 2.32. The zero-order valence-electron chi connectivity index (χ0n) is 9.67. The minimum absolute atomic E-state index is 0.285. The molecule has 0 spiro atoms. The minimum atomic E-state index is -4.21. The van der Waals surface area contributed by atoms with Crippen LogP contribution in [-0.2, 0) is 6.54 Å². The summed E-state index contributed by atoms with van der Waals surface area (Å²) in [5.74, 6) is 0. The van der Waals surface area contributed by atoms with E-state index in [2.05, 4.69) is 4.98 Å². The number of pyridine rings is 1. The Labute approximate surface area is 98.4 Å². The number of hydrogen-bond acceptors (Lipinski definition) is 3. The molecule has 3 nitrogen and oxygen atoms in total. The van der Waals surface area contributed by atoms with Crippen molar-refractivity contribution in [1.82, 2.24) is 4.98 Å². The van der Waals surface area contributed by atoms with E-state index in [0.717, 1.165) is 0 Å². The first kappa shape index (κ1) is 13.8. The summed E-state index contributed by atoms with van der Waals surface area (Å²) in [5.41, 5.74) is 6.52. The molecule has 1 aromatic heterocycles. The molecule has 0 aliphatic carbocycles. The summed E-state index contributed by atoms with van der Waals surface area (Å²) in [5, 5.41) is 0. The van der Waals surface area contributed by atoms with Crippen molar-refractivity contribution >= 4 is 5.69 Å². The lowest BCUT2D eigenvalue weighted by Gasteiger charge is -2.25. The molecule has 0 unspecified atom stereocenters. The van der Waals surface area contributed by atoms with E-state index in [1.165, 1.54) is 11.1 Å². The predicted molar refractivity (Wildman–Crippen MR) is 60.7 cm³/mol. The average molecular weight is 247 g/mol. The maximum atomic E-state index is 12.4. The van der Waals surface area contributed by atoms with Crippen LogP contribution in [0.25, 0.3) is 0 Å². The van der Waals surface area contributed by atoms with E-state index in [4.69, 9.17) is 5.73 Å². The third kappa shape index (κ3) is 4.60. The number of nitrogens with two attached hydrogens (primary N) is 1. The van der Waals surface area contributed by atoms with E-state index >= 15 is 0 Å². The number of rotatable bonds is 5. The molecule has 0 radical (unpaired) electrons. The first-order valence-electron chi connectivity index (χ1n) is 5.43. The smallest absolute Gasteiger partial charge is 0.361 e. The van der Waals surface area contributed by atoms with Crippen molar-refractivity contribution in [1.29, 1.82) is 0 Å². The molecule has 1 aromatic rings. The van der Waals surface area contributed by atoms with Gasteiger partial charge < -0.3 is 10.6 Å². The van der Waals surface area contributed by atoms with Gasteiger partial charge in [0.2, 0.25) is 0 Å². The molecule has 0 amide bonds. The van der Waals surface area contributed by atoms with Crippen LogP contribution in [0.5, 0.6) is 0 Å². The van der Waals surface area contributed by atoms with E-state index < -0.39 is 12.7 Å². The quantitative estimate of drug-likeness (QED) is 0.868. The summed E-state index contributed by atoms with van der Waals surface area (Å²) >= 11 is 0. The van der Waals surface area contributed by atoms with Crippen LogP contribution in [0, 0.1) is 0 Å². The number of aromatic nitrogens is 1. The molecular weight excluding hydrogens is 231 g/mol. The summed E-state index contributed by atoms with van der Waals surface area (Å²) in [7, 11) is 0. The molecule has 0 saturated carbocycles. The third-order valence-electron chi connectivity index (χ3n) is 2.25. The summed E-state index contributed by atoms with van der Waals surface area (Å²) in [6.07, 6.45) is -2.12. The van der Waals surface area contributed by atoms with E-state index in [1.54, 1.807) is 12.1 Å². The van der Waals surface area contributed by atoms with E-state index in [0.29, 0.717) is 24.3 Å².